The van der Waals surface area contributed by atoms with Crippen LogP contribution in [0.25, 0.3) is 98.8 Å². The van der Waals surface area contributed by atoms with Crippen molar-refractivity contribution in [3.63, 3.8) is 0 Å². The number of rotatable bonds is 5. The third-order valence-corrected chi connectivity index (χ3v) is 10.2. The third kappa shape index (κ3) is 4.93. The Morgan fingerprint density at radius 1 is 0.420 bits per heavy atom. The van der Waals surface area contributed by atoms with Crippen LogP contribution < -0.4 is 0 Å². The van der Waals surface area contributed by atoms with Crippen molar-refractivity contribution in [1.82, 2.24) is 19.9 Å². The van der Waals surface area contributed by atoms with Gasteiger partial charge in [-0.25, -0.2) is 19.9 Å². The van der Waals surface area contributed by atoms with Crippen molar-refractivity contribution >= 4 is 54.3 Å². The van der Waals surface area contributed by atoms with Crippen molar-refractivity contribution in [3.05, 3.63) is 158 Å². The predicted octanol–water partition coefficient (Wildman–Crippen LogP) is 11.9. The first-order chi connectivity index (χ1) is 24.7. The molecular weight excluding hydrogens is 633 g/mol. The van der Waals surface area contributed by atoms with Crippen molar-refractivity contribution < 1.29 is 4.42 Å². The number of fused-ring (bicyclic) bond motifs is 5. The maximum absolute atomic E-state index is 6.46. The molecule has 6 heteroatoms. The summed E-state index contributed by atoms with van der Waals surface area (Å²) in [4.78, 5) is 20.2. The molecule has 234 valence electrons. The number of thiazole rings is 1. The molecule has 0 aliphatic carbocycles. The summed E-state index contributed by atoms with van der Waals surface area (Å²) in [5.41, 5.74) is 8.74. The lowest BCUT2D eigenvalue weighted by Gasteiger charge is -2.10. The van der Waals surface area contributed by atoms with Crippen molar-refractivity contribution in [2.24, 2.45) is 0 Å². The van der Waals surface area contributed by atoms with Gasteiger partial charge in [0.05, 0.1) is 10.2 Å². The van der Waals surface area contributed by atoms with Crippen molar-refractivity contribution in [3.8, 4) is 55.9 Å². The molecule has 0 N–H and O–H groups in total. The standard InChI is InChI=1S/C44H26N4OS/c1-4-11-27(12-5-1)30-19-20-32-24-33(22-21-31(32)23-30)42-46-41(28-13-6-2-7-14-28)47-43(48-42)34-17-10-18-37-40(34)35-25-36-39(26-38(35)49-37)50-44(45-36)29-15-8-3-9-16-29/h1-26H. The lowest BCUT2D eigenvalue weighted by atomic mass is 10.00. The number of furan rings is 1. The van der Waals surface area contributed by atoms with E-state index in [2.05, 4.69) is 91.0 Å². The number of hydrogen-bond donors (Lipinski definition) is 0. The van der Waals surface area contributed by atoms with Crippen LogP contribution in [0, 0.1) is 0 Å². The Bertz CT molecular complexity index is 2860. The summed E-state index contributed by atoms with van der Waals surface area (Å²) in [5.74, 6) is 1.82. The van der Waals surface area contributed by atoms with Gasteiger partial charge in [0.1, 0.15) is 16.2 Å². The molecule has 3 aromatic heterocycles. The molecule has 0 fully saturated rings. The van der Waals surface area contributed by atoms with E-state index in [1.807, 2.05) is 66.7 Å². The van der Waals surface area contributed by atoms with Gasteiger partial charge >= 0.3 is 0 Å². The van der Waals surface area contributed by atoms with Crippen molar-refractivity contribution in [1.29, 1.82) is 0 Å². The molecular formula is C44H26N4OS. The van der Waals surface area contributed by atoms with E-state index in [0.717, 1.165) is 70.2 Å². The first kappa shape index (κ1) is 28.5. The van der Waals surface area contributed by atoms with Crippen LogP contribution in [0.1, 0.15) is 0 Å². The largest absolute Gasteiger partial charge is 0.456 e. The number of benzene rings is 7. The van der Waals surface area contributed by atoms with Crippen LogP contribution in [0.4, 0.5) is 0 Å². The maximum atomic E-state index is 6.46. The van der Waals surface area contributed by atoms with Crippen LogP contribution in [0.2, 0.25) is 0 Å². The summed E-state index contributed by atoms with van der Waals surface area (Å²) < 4.78 is 7.55. The van der Waals surface area contributed by atoms with Gasteiger partial charge in [-0.1, -0.05) is 127 Å². The molecule has 0 bridgehead atoms. The average Bonchev–Trinajstić information content (AvgIpc) is 3.78. The quantitative estimate of drug-likeness (QED) is 0.184. The zero-order valence-corrected chi connectivity index (χ0v) is 27.4. The number of aromatic nitrogens is 4. The van der Waals surface area contributed by atoms with E-state index < -0.39 is 0 Å². The Morgan fingerprint density at radius 3 is 1.78 bits per heavy atom. The second kappa shape index (κ2) is 11.6. The van der Waals surface area contributed by atoms with Crippen LogP contribution in [0.15, 0.2) is 162 Å². The second-order valence-electron chi connectivity index (χ2n) is 12.3. The Morgan fingerprint density at radius 2 is 1.04 bits per heavy atom. The molecule has 3 heterocycles. The lowest BCUT2D eigenvalue weighted by molar-refractivity contribution is 0.669. The van der Waals surface area contributed by atoms with E-state index in [4.69, 9.17) is 24.4 Å². The fourth-order valence-corrected chi connectivity index (χ4v) is 7.66. The van der Waals surface area contributed by atoms with Crippen LogP contribution in [-0.4, -0.2) is 19.9 Å². The van der Waals surface area contributed by atoms with Gasteiger partial charge in [-0.05, 0) is 46.2 Å². The van der Waals surface area contributed by atoms with Gasteiger partial charge in [0.2, 0.25) is 0 Å². The summed E-state index contributed by atoms with van der Waals surface area (Å²) in [7, 11) is 0. The fraction of sp³-hybridized carbons (Fsp3) is 0. The number of hydrogen-bond acceptors (Lipinski definition) is 6. The maximum Gasteiger partial charge on any atom is 0.164 e. The lowest BCUT2D eigenvalue weighted by Crippen LogP contribution is -2.00. The number of nitrogens with zero attached hydrogens (tertiary/aromatic N) is 4. The average molecular weight is 659 g/mol. The molecule has 0 saturated carbocycles. The van der Waals surface area contributed by atoms with Crippen LogP contribution >= 0.6 is 11.3 Å². The van der Waals surface area contributed by atoms with E-state index in [1.54, 1.807) is 11.3 Å². The van der Waals surface area contributed by atoms with E-state index in [0.29, 0.717) is 17.5 Å². The highest BCUT2D eigenvalue weighted by Crippen LogP contribution is 2.40. The molecule has 0 saturated heterocycles. The summed E-state index contributed by atoms with van der Waals surface area (Å²) in [6, 6.07) is 54.1. The van der Waals surface area contributed by atoms with Gasteiger partial charge in [-0.3, -0.25) is 0 Å². The highest BCUT2D eigenvalue weighted by molar-refractivity contribution is 7.21. The smallest absolute Gasteiger partial charge is 0.164 e. The molecule has 10 aromatic rings. The normalized spacial score (nSPS) is 11.6. The summed E-state index contributed by atoms with van der Waals surface area (Å²) >= 11 is 1.67. The van der Waals surface area contributed by atoms with E-state index in [1.165, 1.54) is 11.1 Å². The Hall–Kier alpha value is -6.50. The molecule has 0 radical (unpaired) electrons. The topological polar surface area (TPSA) is 64.7 Å². The van der Waals surface area contributed by atoms with E-state index in [9.17, 15) is 0 Å². The second-order valence-corrected chi connectivity index (χ2v) is 13.3. The minimum Gasteiger partial charge on any atom is -0.456 e. The molecule has 5 nitrogen and oxygen atoms in total. The van der Waals surface area contributed by atoms with Gasteiger partial charge in [0.25, 0.3) is 0 Å². The summed E-state index contributed by atoms with van der Waals surface area (Å²) in [6.07, 6.45) is 0. The van der Waals surface area contributed by atoms with Crippen LogP contribution in [-0.2, 0) is 0 Å². The minimum absolute atomic E-state index is 0.588. The zero-order chi connectivity index (χ0) is 33.0. The molecule has 0 spiro atoms. The van der Waals surface area contributed by atoms with Gasteiger partial charge in [0, 0.05) is 39.1 Å². The Balaban J connectivity index is 1.14. The van der Waals surface area contributed by atoms with Gasteiger partial charge < -0.3 is 4.42 Å². The Kier molecular flexibility index (Phi) is 6.60. The fourth-order valence-electron chi connectivity index (χ4n) is 6.67. The first-order valence-electron chi connectivity index (χ1n) is 16.5. The summed E-state index contributed by atoms with van der Waals surface area (Å²) in [6.45, 7) is 0. The van der Waals surface area contributed by atoms with E-state index in [-0.39, 0.29) is 0 Å². The van der Waals surface area contributed by atoms with Crippen LogP contribution in [0.3, 0.4) is 0 Å². The van der Waals surface area contributed by atoms with Crippen molar-refractivity contribution in [2.75, 3.05) is 0 Å². The van der Waals surface area contributed by atoms with Gasteiger partial charge in [-0.2, -0.15) is 0 Å². The highest BCUT2D eigenvalue weighted by Gasteiger charge is 2.19. The molecule has 50 heavy (non-hydrogen) atoms. The third-order valence-electron chi connectivity index (χ3n) is 9.14. The summed E-state index contributed by atoms with van der Waals surface area (Å²) in [5, 5.41) is 5.21. The molecule has 10 rings (SSSR count). The van der Waals surface area contributed by atoms with E-state index >= 15 is 0 Å². The molecule has 0 unspecified atom stereocenters. The van der Waals surface area contributed by atoms with Gasteiger partial charge in [-0.15, -0.1) is 11.3 Å². The SMILES string of the molecule is c1ccc(-c2ccc3cc(-c4nc(-c5ccccc5)nc(-c5cccc6oc7cc8sc(-c9ccccc9)nc8cc7c56)n4)ccc3c2)cc1. The van der Waals surface area contributed by atoms with Crippen LogP contribution in [0.5, 0.6) is 0 Å². The molecule has 0 aliphatic heterocycles. The van der Waals surface area contributed by atoms with Crippen molar-refractivity contribution in [2.45, 2.75) is 0 Å². The monoisotopic (exact) mass is 658 g/mol. The highest BCUT2D eigenvalue weighted by atomic mass is 32.1. The molecule has 0 amide bonds. The minimum atomic E-state index is 0.588. The molecule has 7 aromatic carbocycles. The molecule has 0 atom stereocenters. The Labute approximate surface area is 291 Å². The van der Waals surface area contributed by atoms with Gasteiger partial charge in [0.15, 0.2) is 17.5 Å². The first-order valence-corrected chi connectivity index (χ1v) is 17.3. The molecule has 0 aliphatic rings. The zero-order valence-electron chi connectivity index (χ0n) is 26.6. The predicted molar refractivity (Wildman–Crippen MR) is 205 cm³/mol.